The average molecular weight is 368 g/mol. The van der Waals surface area contributed by atoms with Crippen LogP contribution in [0.4, 0.5) is 5.69 Å². The third-order valence-corrected chi connectivity index (χ3v) is 5.73. The summed E-state index contributed by atoms with van der Waals surface area (Å²) in [6.45, 7) is 3.23. The minimum absolute atomic E-state index is 0.141. The maximum absolute atomic E-state index is 12.5. The minimum atomic E-state index is -3.67. The molecule has 24 heavy (non-hydrogen) atoms. The van der Waals surface area contributed by atoms with Gasteiger partial charge in [0.1, 0.15) is 0 Å². The molecular weight excluding hydrogens is 348 g/mol. The summed E-state index contributed by atoms with van der Waals surface area (Å²) in [5.74, 6) is -0.207. The zero-order valence-electron chi connectivity index (χ0n) is 13.7. The summed E-state index contributed by atoms with van der Waals surface area (Å²) in [4.78, 5) is 11.3. The first kappa shape index (κ1) is 18.6. The van der Waals surface area contributed by atoms with Crippen LogP contribution in [0.25, 0.3) is 0 Å². The smallest absolute Gasteiger partial charge is 0.240 e. The van der Waals surface area contributed by atoms with Gasteiger partial charge >= 0.3 is 0 Å². The molecule has 6 nitrogen and oxygen atoms in total. The molecule has 8 heteroatoms. The molecule has 1 aromatic heterocycles. The Kier molecular flexibility index (Phi) is 6.11. The molecular formula is C16H20N2O4S2. The van der Waals surface area contributed by atoms with Gasteiger partial charge in [0.2, 0.25) is 15.9 Å². The number of amides is 1. The molecule has 1 aromatic carbocycles. The molecule has 2 aromatic rings. The summed E-state index contributed by atoms with van der Waals surface area (Å²) in [5.41, 5.74) is 2.05. The number of sulfonamides is 1. The van der Waals surface area contributed by atoms with Crippen LogP contribution in [0, 0.1) is 6.92 Å². The molecule has 0 spiro atoms. The van der Waals surface area contributed by atoms with Crippen molar-refractivity contribution in [2.75, 3.05) is 19.0 Å². The Labute approximate surface area is 145 Å². The molecule has 0 aliphatic heterocycles. The molecule has 0 aliphatic carbocycles. The Morgan fingerprint density at radius 1 is 1.33 bits per heavy atom. The maximum Gasteiger partial charge on any atom is 0.240 e. The molecule has 0 radical (unpaired) electrons. The number of aryl methyl sites for hydroxylation is 1. The van der Waals surface area contributed by atoms with Gasteiger partial charge < -0.3 is 10.1 Å². The molecule has 0 saturated carbocycles. The lowest BCUT2D eigenvalue weighted by Crippen LogP contribution is -2.29. The van der Waals surface area contributed by atoms with E-state index in [-0.39, 0.29) is 23.5 Å². The molecule has 0 bridgehead atoms. The molecule has 2 rings (SSSR count). The van der Waals surface area contributed by atoms with E-state index in [2.05, 4.69) is 10.0 Å². The van der Waals surface area contributed by atoms with Crippen molar-refractivity contribution in [2.24, 2.45) is 0 Å². The van der Waals surface area contributed by atoms with Crippen molar-refractivity contribution in [1.29, 1.82) is 0 Å². The normalized spacial score (nSPS) is 12.8. The van der Waals surface area contributed by atoms with Crippen LogP contribution in [0.5, 0.6) is 0 Å². The number of hydrogen-bond donors (Lipinski definition) is 2. The molecule has 0 fully saturated rings. The maximum atomic E-state index is 12.5. The zero-order chi connectivity index (χ0) is 17.7. The second-order valence-electron chi connectivity index (χ2n) is 5.29. The molecule has 1 amide bonds. The number of nitrogens with one attached hydrogen (secondary N) is 2. The fraction of sp³-hybridized carbons (Fsp3) is 0.312. The van der Waals surface area contributed by atoms with E-state index in [0.717, 1.165) is 5.56 Å². The largest absolute Gasteiger partial charge is 0.375 e. The summed E-state index contributed by atoms with van der Waals surface area (Å²) in [6, 6.07) is 6.58. The Morgan fingerprint density at radius 2 is 2.08 bits per heavy atom. The summed E-state index contributed by atoms with van der Waals surface area (Å²) >= 11 is 1.53. The van der Waals surface area contributed by atoms with E-state index in [0.29, 0.717) is 11.3 Å². The van der Waals surface area contributed by atoms with Gasteiger partial charge in [-0.05, 0) is 53.1 Å². The highest BCUT2D eigenvalue weighted by Crippen LogP contribution is 2.22. The number of thiophene rings is 1. The van der Waals surface area contributed by atoms with Gasteiger partial charge in [-0.1, -0.05) is 0 Å². The molecule has 1 heterocycles. The third kappa shape index (κ3) is 4.64. The number of carbonyl (C=O) groups is 1. The van der Waals surface area contributed by atoms with Crippen LogP contribution in [0.2, 0.25) is 0 Å². The van der Waals surface area contributed by atoms with Gasteiger partial charge in [0.05, 0.1) is 11.0 Å². The zero-order valence-corrected chi connectivity index (χ0v) is 15.3. The average Bonchev–Trinajstić information content (AvgIpc) is 3.01. The van der Waals surface area contributed by atoms with Gasteiger partial charge in [-0.2, -0.15) is 11.3 Å². The van der Waals surface area contributed by atoms with Gasteiger partial charge in [0, 0.05) is 26.3 Å². The Bertz CT molecular complexity index is 801. The molecule has 1 unspecified atom stereocenters. The second kappa shape index (κ2) is 7.89. The predicted molar refractivity (Wildman–Crippen MR) is 94.7 cm³/mol. The lowest BCUT2D eigenvalue weighted by molar-refractivity contribution is -0.114. The standard InChI is InChI=1S/C16H20N2O4S2/c1-11-8-14(18-12(2)19)4-5-16(11)24(20,21)17-9-15(22-3)13-6-7-23-10-13/h4-8,10,15,17H,9H2,1-3H3,(H,18,19). The van der Waals surface area contributed by atoms with Crippen LogP contribution in [0.3, 0.4) is 0 Å². The van der Waals surface area contributed by atoms with Crippen molar-refractivity contribution < 1.29 is 17.9 Å². The van der Waals surface area contributed by atoms with Crippen LogP contribution in [-0.2, 0) is 19.6 Å². The summed E-state index contributed by atoms with van der Waals surface area (Å²) in [5, 5.41) is 6.47. The Hall–Kier alpha value is -1.74. The van der Waals surface area contributed by atoms with Crippen molar-refractivity contribution >= 4 is 33.0 Å². The molecule has 130 valence electrons. The van der Waals surface area contributed by atoms with Gasteiger partial charge in [-0.25, -0.2) is 13.1 Å². The van der Waals surface area contributed by atoms with Crippen LogP contribution in [0.1, 0.15) is 24.2 Å². The Morgan fingerprint density at radius 3 is 2.62 bits per heavy atom. The molecule has 0 aliphatic rings. The monoisotopic (exact) mass is 368 g/mol. The fourth-order valence-electron chi connectivity index (χ4n) is 2.29. The highest BCUT2D eigenvalue weighted by molar-refractivity contribution is 7.89. The van der Waals surface area contributed by atoms with E-state index >= 15 is 0 Å². The fourth-order valence-corrected chi connectivity index (χ4v) is 4.25. The van der Waals surface area contributed by atoms with Gasteiger partial charge in [-0.15, -0.1) is 0 Å². The first-order valence-electron chi connectivity index (χ1n) is 7.26. The van der Waals surface area contributed by atoms with Gasteiger partial charge in [-0.3, -0.25) is 4.79 Å². The number of ether oxygens (including phenoxy) is 1. The highest BCUT2D eigenvalue weighted by Gasteiger charge is 2.20. The van der Waals surface area contributed by atoms with Crippen LogP contribution in [-0.4, -0.2) is 28.0 Å². The van der Waals surface area contributed by atoms with E-state index in [1.165, 1.54) is 24.3 Å². The number of rotatable bonds is 7. The molecule has 1 atom stereocenters. The predicted octanol–water partition coefficient (Wildman–Crippen LogP) is 2.68. The number of carbonyl (C=O) groups excluding carboxylic acids is 1. The molecule has 0 saturated heterocycles. The van der Waals surface area contributed by atoms with Crippen LogP contribution < -0.4 is 10.0 Å². The quantitative estimate of drug-likeness (QED) is 0.787. The number of methoxy groups -OCH3 is 1. The van der Waals surface area contributed by atoms with Gasteiger partial charge in [0.15, 0.2) is 0 Å². The van der Waals surface area contributed by atoms with Crippen LogP contribution in [0.15, 0.2) is 39.9 Å². The Balaban J connectivity index is 2.13. The number of benzene rings is 1. The number of hydrogen-bond acceptors (Lipinski definition) is 5. The lowest BCUT2D eigenvalue weighted by Gasteiger charge is -2.16. The van der Waals surface area contributed by atoms with Crippen molar-refractivity contribution in [1.82, 2.24) is 4.72 Å². The van der Waals surface area contributed by atoms with Gasteiger partial charge in [0.25, 0.3) is 0 Å². The minimum Gasteiger partial charge on any atom is -0.375 e. The van der Waals surface area contributed by atoms with Crippen molar-refractivity contribution in [3.63, 3.8) is 0 Å². The first-order chi connectivity index (χ1) is 11.3. The van der Waals surface area contributed by atoms with Crippen LogP contribution >= 0.6 is 11.3 Å². The summed E-state index contributed by atoms with van der Waals surface area (Å²) in [6.07, 6.45) is -0.343. The first-order valence-corrected chi connectivity index (χ1v) is 9.69. The van der Waals surface area contributed by atoms with Crippen molar-refractivity contribution in [2.45, 2.75) is 24.8 Å². The van der Waals surface area contributed by atoms with Crippen molar-refractivity contribution in [3.05, 3.63) is 46.2 Å². The molecule has 2 N–H and O–H groups in total. The second-order valence-corrected chi connectivity index (χ2v) is 7.81. The van der Waals surface area contributed by atoms with Crippen molar-refractivity contribution in [3.8, 4) is 0 Å². The number of anilines is 1. The topological polar surface area (TPSA) is 84.5 Å². The lowest BCUT2D eigenvalue weighted by atomic mass is 10.2. The van der Waals surface area contributed by atoms with E-state index in [4.69, 9.17) is 4.74 Å². The van der Waals surface area contributed by atoms with E-state index in [9.17, 15) is 13.2 Å². The highest BCUT2D eigenvalue weighted by atomic mass is 32.2. The summed E-state index contributed by atoms with van der Waals surface area (Å²) in [7, 11) is -2.13. The summed E-state index contributed by atoms with van der Waals surface area (Å²) < 4.78 is 33.0. The van der Waals surface area contributed by atoms with E-state index in [1.54, 1.807) is 26.2 Å². The third-order valence-electron chi connectivity index (χ3n) is 3.44. The van der Waals surface area contributed by atoms with E-state index in [1.807, 2.05) is 16.8 Å². The SMILES string of the molecule is COC(CNS(=O)(=O)c1ccc(NC(C)=O)cc1C)c1ccsc1. The van der Waals surface area contributed by atoms with E-state index < -0.39 is 10.0 Å².